The second-order valence-electron chi connectivity index (χ2n) is 2.42. The third-order valence-electron chi connectivity index (χ3n) is 1.65. The zero-order valence-corrected chi connectivity index (χ0v) is 9.77. The molecule has 5 nitrogen and oxygen atoms in total. The normalized spacial score (nSPS) is 9.64. The average molecular weight is 309 g/mol. The highest BCUT2D eigenvalue weighted by Crippen LogP contribution is 2.34. The quantitative estimate of drug-likeness (QED) is 0.488. The Morgan fingerprint density at radius 1 is 1.29 bits per heavy atom. The van der Waals surface area contributed by atoms with Gasteiger partial charge in [-0.3, -0.25) is 10.1 Å². The average Bonchev–Trinajstić information content (AvgIpc) is 2.16. The van der Waals surface area contributed by atoms with Crippen LogP contribution < -0.4 is 9.47 Å². The Balaban J connectivity index is 3.32. The molecule has 0 bridgehead atoms. The number of nitrogens with zero attached hydrogens (tertiary/aromatic N) is 1. The predicted octanol–water partition coefficient (Wildman–Crippen LogP) is 2.22. The number of hydrogen-bond acceptors (Lipinski definition) is 4. The van der Waals surface area contributed by atoms with Gasteiger partial charge in [-0.2, -0.15) is 0 Å². The van der Waals surface area contributed by atoms with Crippen LogP contribution in [-0.4, -0.2) is 19.1 Å². The van der Waals surface area contributed by atoms with Crippen LogP contribution >= 0.6 is 22.6 Å². The van der Waals surface area contributed by atoms with Crippen molar-refractivity contribution in [3.8, 4) is 11.5 Å². The number of rotatable bonds is 3. The van der Waals surface area contributed by atoms with Gasteiger partial charge in [0.05, 0.1) is 28.8 Å². The fourth-order valence-electron chi connectivity index (χ4n) is 0.987. The van der Waals surface area contributed by atoms with Crippen molar-refractivity contribution in [2.45, 2.75) is 0 Å². The number of benzene rings is 1. The highest BCUT2D eigenvalue weighted by atomic mass is 127. The molecule has 0 atom stereocenters. The van der Waals surface area contributed by atoms with Crippen LogP contribution in [0.1, 0.15) is 0 Å². The second-order valence-corrected chi connectivity index (χ2v) is 3.58. The zero-order chi connectivity index (χ0) is 10.7. The Labute approximate surface area is 94.3 Å². The van der Waals surface area contributed by atoms with Gasteiger partial charge in [0.25, 0.3) is 0 Å². The van der Waals surface area contributed by atoms with E-state index in [2.05, 4.69) is 0 Å². The molecule has 1 rings (SSSR count). The molecular formula is C8H8INO4. The van der Waals surface area contributed by atoms with Crippen molar-refractivity contribution in [3.05, 3.63) is 25.8 Å². The fourth-order valence-corrected chi connectivity index (χ4v) is 1.65. The summed E-state index contributed by atoms with van der Waals surface area (Å²) in [4.78, 5) is 10.1. The third kappa shape index (κ3) is 2.06. The van der Waals surface area contributed by atoms with E-state index in [0.29, 0.717) is 5.75 Å². The number of hydrogen-bond donors (Lipinski definition) is 0. The van der Waals surface area contributed by atoms with Gasteiger partial charge in [0.15, 0.2) is 5.75 Å². The van der Waals surface area contributed by atoms with E-state index < -0.39 is 4.92 Å². The van der Waals surface area contributed by atoms with Crippen molar-refractivity contribution in [1.29, 1.82) is 0 Å². The van der Waals surface area contributed by atoms with Crippen molar-refractivity contribution in [1.82, 2.24) is 0 Å². The van der Waals surface area contributed by atoms with E-state index >= 15 is 0 Å². The number of ether oxygens (including phenoxy) is 2. The van der Waals surface area contributed by atoms with Crippen molar-refractivity contribution in [2.75, 3.05) is 14.2 Å². The lowest BCUT2D eigenvalue weighted by atomic mass is 10.3. The molecule has 0 heterocycles. The van der Waals surface area contributed by atoms with Gasteiger partial charge < -0.3 is 9.47 Å². The minimum atomic E-state index is -0.503. The van der Waals surface area contributed by atoms with Gasteiger partial charge >= 0.3 is 5.69 Å². The van der Waals surface area contributed by atoms with Gasteiger partial charge in [-0.15, -0.1) is 0 Å². The van der Waals surface area contributed by atoms with E-state index in [-0.39, 0.29) is 11.4 Å². The van der Waals surface area contributed by atoms with Crippen molar-refractivity contribution in [3.63, 3.8) is 0 Å². The summed E-state index contributed by atoms with van der Waals surface area (Å²) in [6.45, 7) is 0. The zero-order valence-electron chi connectivity index (χ0n) is 7.61. The lowest BCUT2D eigenvalue weighted by Gasteiger charge is -2.06. The SMILES string of the molecule is COc1cc([N+](=O)[O-])c(OC)cc1I. The van der Waals surface area contributed by atoms with Crippen molar-refractivity contribution in [2.24, 2.45) is 0 Å². The number of methoxy groups -OCH3 is 2. The van der Waals surface area contributed by atoms with Gasteiger partial charge in [-0.05, 0) is 22.6 Å². The first-order chi connectivity index (χ1) is 6.60. The summed E-state index contributed by atoms with van der Waals surface area (Å²) >= 11 is 2.02. The molecular weight excluding hydrogens is 301 g/mol. The molecule has 0 amide bonds. The predicted molar refractivity (Wildman–Crippen MR) is 58.9 cm³/mol. The Bertz CT molecular complexity index is 367. The maximum absolute atomic E-state index is 10.6. The molecule has 0 aliphatic heterocycles. The lowest BCUT2D eigenvalue weighted by molar-refractivity contribution is -0.385. The van der Waals surface area contributed by atoms with Gasteiger partial charge in [-0.1, -0.05) is 0 Å². The van der Waals surface area contributed by atoms with Gasteiger partial charge in [-0.25, -0.2) is 0 Å². The fraction of sp³-hybridized carbons (Fsp3) is 0.250. The first kappa shape index (κ1) is 11.0. The van der Waals surface area contributed by atoms with E-state index in [1.165, 1.54) is 20.3 Å². The molecule has 0 saturated carbocycles. The maximum Gasteiger partial charge on any atom is 0.314 e. The second kappa shape index (κ2) is 4.45. The molecule has 0 N–H and O–H groups in total. The highest BCUT2D eigenvalue weighted by Gasteiger charge is 2.18. The molecule has 0 aliphatic rings. The Kier molecular flexibility index (Phi) is 3.50. The van der Waals surface area contributed by atoms with Crippen LogP contribution in [0.3, 0.4) is 0 Å². The summed E-state index contributed by atoms with van der Waals surface area (Å²) in [6, 6.07) is 2.91. The third-order valence-corrected chi connectivity index (χ3v) is 2.49. The molecule has 0 saturated heterocycles. The lowest BCUT2D eigenvalue weighted by Crippen LogP contribution is -1.96. The summed E-state index contributed by atoms with van der Waals surface area (Å²) in [6.07, 6.45) is 0. The van der Waals surface area contributed by atoms with E-state index in [1.54, 1.807) is 6.07 Å². The molecule has 0 radical (unpaired) electrons. The van der Waals surface area contributed by atoms with Crippen LogP contribution in [0.15, 0.2) is 12.1 Å². The topological polar surface area (TPSA) is 61.6 Å². The summed E-state index contributed by atoms with van der Waals surface area (Å²) in [7, 11) is 2.86. The van der Waals surface area contributed by atoms with Gasteiger partial charge in [0, 0.05) is 6.07 Å². The Morgan fingerprint density at radius 2 is 1.86 bits per heavy atom. The summed E-state index contributed by atoms with van der Waals surface area (Å²) < 4.78 is 10.6. The van der Waals surface area contributed by atoms with E-state index in [1.807, 2.05) is 22.6 Å². The van der Waals surface area contributed by atoms with Crippen LogP contribution in [0.5, 0.6) is 11.5 Å². The monoisotopic (exact) mass is 309 g/mol. The molecule has 76 valence electrons. The summed E-state index contributed by atoms with van der Waals surface area (Å²) in [5.41, 5.74) is -0.0928. The van der Waals surface area contributed by atoms with Gasteiger partial charge in [0.1, 0.15) is 5.75 Å². The first-order valence-electron chi connectivity index (χ1n) is 3.66. The van der Waals surface area contributed by atoms with Crippen LogP contribution in [0.4, 0.5) is 5.69 Å². The molecule has 0 aromatic heterocycles. The number of nitro groups is 1. The van der Waals surface area contributed by atoms with E-state index in [9.17, 15) is 10.1 Å². The standard InChI is InChI=1S/C8H8INO4/c1-13-7-4-6(10(11)12)8(14-2)3-5(7)9/h3-4H,1-2H3. The molecule has 0 aliphatic carbocycles. The minimum Gasteiger partial charge on any atom is -0.495 e. The van der Waals surface area contributed by atoms with E-state index in [4.69, 9.17) is 9.47 Å². The van der Waals surface area contributed by atoms with Crippen molar-refractivity contribution >= 4 is 28.3 Å². The highest BCUT2D eigenvalue weighted by molar-refractivity contribution is 14.1. The molecule has 1 aromatic rings. The molecule has 0 unspecified atom stereocenters. The van der Waals surface area contributed by atoms with Crippen LogP contribution in [0.2, 0.25) is 0 Å². The molecule has 1 aromatic carbocycles. The summed E-state index contributed by atoms with van der Waals surface area (Å²) in [5, 5.41) is 10.6. The molecule has 6 heteroatoms. The molecule has 0 fully saturated rings. The van der Waals surface area contributed by atoms with Crippen LogP contribution in [0, 0.1) is 13.7 Å². The van der Waals surface area contributed by atoms with Crippen LogP contribution in [-0.2, 0) is 0 Å². The van der Waals surface area contributed by atoms with E-state index in [0.717, 1.165) is 3.57 Å². The smallest absolute Gasteiger partial charge is 0.314 e. The first-order valence-corrected chi connectivity index (χ1v) is 4.74. The Morgan fingerprint density at radius 3 is 2.29 bits per heavy atom. The molecule has 14 heavy (non-hydrogen) atoms. The number of halogens is 1. The van der Waals surface area contributed by atoms with Gasteiger partial charge in [0.2, 0.25) is 0 Å². The molecule has 0 spiro atoms. The summed E-state index contributed by atoms with van der Waals surface area (Å²) in [5.74, 6) is 0.707. The Hall–Kier alpha value is -1.05. The van der Waals surface area contributed by atoms with Crippen LogP contribution in [0.25, 0.3) is 0 Å². The number of nitro benzene ring substituents is 1. The minimum absolute atomic E-state index is 0.0928. The van der Waals surface area contributed by atoms with Crippen molar-refractivity contribution < 1.29 is 14.4 Å². The largest absolute Gasteiger partial charge is 0.495 e. The maximum atomic E-state index is 10.6.